The van der Waals surface area contributed by atoms with Crippen LogP contribution in [0.25, 0.3) is 16.9 Å². The summed E-state index contributed by atoms with van der Waals surface area (Å²) in [4.78, 5) is 7.27. The summed E-state index contributed by atoms with van der Waals surface area (Å²) in [7, 11) is 0. The van der Waals surface area contributed by atoms with E-state index in [2.05, 4.69) is 20.2 Å². The third kappa shape index (κ3) is 2.84. The Morgan fingerprint density at radius 3 is 2.69 bits per heavy atom. The number of rotatable bonds is 3. The van der Waals surface area contributed by atoms with Gasteiger partial charge in [-0.3, -0.25) is 5.10 Å². The van der Waals surface area contributed by atoms with Crippen molar-refractivity contribution in [2.24, 2.45) is 0 Å². The van der Waals surface area contributed by atoms with Gasteiger partial charge in [-0.05, 0) is 18.9 Å². The molecule has 6 rings (SSSR count). The van der Waals surface area contributed by atoms with Crippen molar-refractivity contribution in [3.05, 3.63) is 30.2 Å². The van der Waals surface area contributed by atoms with Gasteiger partial charge in [-0.15, -0.1) is 0 Å². The minimum atomic E-state index is -0.989. The van der Waals surface area contributed by atoms with Crippen molar-refractivity contribution in [2.45, 2.75) is 43.5 Å². The predicted molar refractivity (Wildman–Crippen MR) is 105 cm³/mol. The fourth-order valence-electron chi connectivity index (χ4n) is 4.81. The van der Waals surface area contributed by atoms with Gasteiger partial charge in [0, 0.05) is 51.4 Å². The van der Waals surface area contributed by atoms with E-state index in [1.807, 2.05) is 12.1 Å². The highest BCUT2D eigenvalue weighted by molar-refractivity contribution is 5.75. The average Bonchev–Trinajstić information content (AvgIpc) is 3.47. The number of fused-ring (bicyclic) bond motifs is 3. The van der Waals surface area contributed by atoms with Crippen LogP contribution in [0.1, 0.15) is 31.4 Å². The molecule has 0 unspecified atom stereocenters. The highest BCUT2D eigenvalue weighted by Crippen LogP contribution is 2.37. The van der Waals surface area contributed by atoms with Crippen LogP contribution in [0.4, 0.5) is 5.82 Å². The topological polar surface area (TPSA) is 101 Å². The number of aromatic nitrogens is 5. The molecule has 0 spiro atoms. The number of nitrogens with one attached hydrogen (secondary N) is 1. The lowest BCUT2D eigenvalue weighted by molar-refractivity contribution is -0.0717. The first-order valence-corrected chi connectivity index (χ1v) is 10.3. The molecule has 3 saturated heterocycles. The zero-order chi connectivity index (χ0) is 19.4. The molecule has 0 aromatic carbocycles. The zero-order valence-corrected chi connectivity index (χ0v) is 16.1. The van der Waals surface area contributed by atoms with Gasteiger partial charge in [0.05, 0.1) is 35.4 Å². The maximum atomic E-state index is 11.5. The Labute approximate surface area is 167 Å². The molecule has 0 aliphatic carbocycles. The molecule has 3 aromatic heterocycles. The van der Waals surface area contributed by atoms with E-state index in [1.165, 1.54) is 0 Å². The summed E-state index contributed by atoms with van der Waals surface area (Å²) in [5.74, 6) is 0.869. The molecule has 3 aliphatic rings. The van der Waals surface area contributed by atoms with E-state index in [1.54, 1.807) is 16.9 Å². The van der Waals surface area contributed by atoms with Crippen LogP contribution >= 0.6 is 0 Å². The summed E-state index contributed by atoms with van der Waals surface area (Å²) in [6, 6.07) is 3.91. The third-order valence-electron chi connectivity index (χ3n) is 6.41. The smallest absolute Gasteiger partial charge is 0.167 e. The van der Waals surface area contributed by atoms with Gasteiger partial charge in [0.1, 0.15) is 11.4 Å². The van der Waals surface area contributed by atoms with Crippen LogP contribution in [0, 0.1) is 0 Å². The van der Waals surface area contributed by atoms with Crippen LogP contribution in [0.2, 0.25) is 0 Å². The predicted octanol–water partition coefficient (Wildman–Crippen LogP) is 1.48. The number of aromatic amines is 1. The number of nitrogens with zero attached hydrogens (tertiary/aromatic N) is 5. The maximum Gasteiger partial charge on any atom is 0.167 e. The van der Waals surface area contributed by atoms with E-state index in [0.717, 1.165) is 54.3 Å². The minimum absolute atomic E-state index is 0.262. The number of ether oxygens (including phenoxy) is 2. The summed E-state index contributed by atoms with van der Waals surface area (Å²) < 4.78 is 13.3. The number of anilines is 1. The number of hydrogen-bond acceptors (Lipinski definition) is 7. The quantitative estimate of drug-likeness (QED) is 0.692. The van der Waals surface area contributed by atoms with Gasteiger partial charge < -0.3 is 19.5 Å². The molecular weight excluding hydrogens is 372 g/mol. The molecule has 2 bridgehead atoms. The van der Waals surface area contributed by atoms with Crippen molar-refractivity contribution in [1.29, 1.82) is 0 Å². The standard InChI is InChI=1S/C20H24N6O3/c27-20(4-7-28-8-5-20)17-9-18(25-11-13-1-2-14(12-25)29-13)23-19-15(10-22-26(17)19)16-3-6-21-24-16/h3,6,9-10,13-14,27H,1-2,4-5,7-8,11-12H2,(H,21,24)/t13-,14+. The van der Waals surface area contributed by atoms with Gasteiger partial charge in [0.25, 0.3) is 0 Å². The van der Waals surface area contributed by atoms with Crippen LogP contribution < -0.4 is 4.90 Å². The summed E-state index contributed by atoms with van der Waals surface area (Å²) in [6.07, 6.45) is 7.31. The Morgan fingerprint density at radius 1 is 1.17 bits per heavy atom. The monoisotopic (exact) mass is 396 g/mol. The highest BCUT2D eigenvalue weighted by Gasteiger charge is 2.38. The lowest BCUT2D eigenvalue weighted by atomic mass is 9.90. The molecule has 3 aromatic rings. The van der Waals surface area contributed by atoms with Gasteiger partial charge in [-0.25, -0.2) is 9.50 Å². The Kier molecular flexibility index (Phi) is 3.90. The second-order valence-corrected chi connectivity index (χ2v) is 8.27. The number of hydrogen-bond donors (Lipinski definition) is 2. The Hall–Kier alpha value is -2.49. The van der Waals surface area contributed by atoms with Gasteiger partial charge in [-0.1, -0.05) is 0 Å². The second kappa shape index (κ2) is 6.51. The number of H-pyrrole nitrogens is 1. The first-order chi connectivity index (χ1) is 14.2. The van der Waals surface area contributed by atoms with E-state index in [9.17, 15) is 5.11 Å². The molecular formula is C20H24N6O3. The van der Waals surface area contributed by atoms with Crippen LogP contribution in [-0.4, -0.2) is 68.4 Å². The minimum Gasteiger partial charge on any atom is -0.383 e. The fourth-order valence-corrected chi connectivity index (χ4v) is 4.81. The molecule has 0 amide bonds. The van der Waals surface area contributed by atoms with Crippen LogP contribution in [0.3, 0.4) is 0 Å². The highest BCUT2D eigenvalue weighted by atomic mass is 16.5. The fraction of sp³-hybridized carbons (Fsp3) is 0.550. The zero-order valence-electron chi connectivity index (χ0n) is 16.1. The van der Waals surface area contributed by atoms with E-state index in [-0.39, 0.29) is 12.2 Å². The van der Waals surface area contributed by atoms with E-state index in [4.69, 9.17) is 14.5 Å². The Balaban J connectivity index is 1.52. The first-order valence-electron chi connectivity index (χ1n) is 10.3. The Bertz CT molecular complexity index is 1010. The molecule has 29 heavy (non-hydrogen) atoms. The van der Waals surface area contributed by atoms with Gasteiger partial charge >= 0.3 is 0 Å². The van der Waals surface area contributed by atoms with E-state index in [0.29, 0.717) is 26.1 Å². The van der Waals surface area contributed by atoms with Gasteiger partial charge in [0.2, 0.25) is 0 Å². The molecule has 152 valence electrons. The van der Waals surface area contributed by atoms with Crippen molar-refractivity contribution in [2.75, 3.05) is 31.2 Å². The normalized spacial score (nSPS) is 26.3. The molecule has 6 heterocycles. The van der Waals surface area contributed by atoms with Crippen molar-refractivity contribution in [3.63, 3.8) is 0 Å². The molecule has 3 aliphatic heterocycles. The van der Waals surface area contributed by atoms with Gasteiger partial charge in [-0.2, -0.15) is 10.2 Å². The number of morpholine rings is 1. The van der Waals surface area contributed by atoms with E-state index < -0.39 is 5.60 Å². The van der Waals surface area contributed by atoms with E-state index >= 15 is 0 Å². The lowest BCUT2D eigenvalue weighted by Gasteiger charge is -2.35. The van der Waals surface area contributed by atoms with Crippen molar-refractivity contribution < 1.29 is 14.6 Å². The van der Waals surface area contributed by atoms with Gasteiger partial charge in [0.15, 0.2) is 5.65 Å². The summed E-state index contributed by atoms with van der Waals surface area (Å²) in [5.41, 5.74) is 2.23. The summed E-state index contributed by atoms with van der Waals surface area (Å²) in [5, 5.41) is 23.1. The number of aliphatic hydroxyl groups is 1. The van der Waals surface area contributed by atoms with Crippen LogP contribution in [0.15, 0.2) is 24.5 Å². The Morgan fingerprint density at radius 2 is 1.97 bits per heavy atom. The molecule has 0 radical (unpaired) electrons. The molecule has 2 atom stereocenters. The summed E-state index contributed by atoms with van der Waals surface area (Å²) in [6.45, 7) is 2.72. The molecule has 3 fully saturated rings. The largest absolute Gasteiger partial charge is 0.383 e. The van der Waals surface area contributed by atoms with Crippen molar-refractivity contribution in [1.82, 2.24) is 24.8 Å². The lowest BCUT2D eigenvalue weighted by Crippen LogP contribution is -2.43. The molecule has 0 saturated carbocycles. The average molecular weight is 396 g/mol. The van der Waals surface area contributed by atoms with Crippen LogP contribution in [-0.2, 0) is 15.1 Å². The van der Waals surface area contributed by atoms with Crippen molar-refractivity contribution in [3.8, 4) is 11.3 Å². The van der Waals surface area contributed by atoms with Crippen molar-refractivity contribution >= 4 is 11.5 Å². The summed E-state index contributed by atoms with van der Waals surface area (Å²) >= 11 is 0. The third-order valence-corrected chi connectivity index (χ3v) is 6.41. The SMILES string of the molecule is OC1(c2cc(N3C[C@H]4CC[C@@H](C3)O4)nc3c(-c4ccn[nH]4)cnn23)CCOCC1. The van der Waals surface area contributed by atoms with Crippen LogP contribution in [0.5, 0.6) is 0 Å². The molecule has 9 nitrogen and oxygen atoms in total. The first kappa shape index (κ1) is 17.4. The maximum absolute atomic E-state index is 11.5. The second-order valence-electron chi connectivity index (χ2n) is 8.27. The molecule has 2 N–H and O–H groups in total. The molecule has 9 heteroatoms.